The second-order valence-electron chi connectivity index (χ2n) is 5.07. The zero-order valence-electron chi connectivity index (χ0n) is 11.6. The molecule has 0 radical (unpaired) electrons. The number of anilines is 1. The van der Waals surface area contributed by atoms with Gasteiger partial charge in [0.05, 0.1) is 7.11 Å². The van der Waals surface area contributed by atoms with Crippen LogP contribution in [0.3, 0.4) is 0 Å². The van der Waals surface area contributed by atoms with Gasteiger partial charge in [0, 0.05) is 18.8 Å². The third kappa shape index (κ3) is 3.40. The van der Waals surface area contributed by atoms with Gasteiger partial charge in [-0.05, 0) is 42.5 Å². The molecule has 0 unspecified atom stereocenters. The predicted molar refractivity (Wildman–Crippen MR) is 72.0 cm³/mol. The SMILES string of the molecule is COc1ccc(N)cc1C1CCN(C(=O)C(F)(F)F)CC1. The maximum Gasteiger partial charge on any atom is 0.471 e. The zero-order chi connectivity index (χ0) is 15.6. The van der Waals surface area contributed by atoms with Crippen LogP contribution < -0.4 is 10.5 Å². The van der Waals surface area contributed by atoms with Crippen molar-refractivity contribution in [3.05, 3.63) is 23.8 Å². The Morgan fingerprint density at radius 1 is 1.33 bits per heavy atom. The number of piperidine rings is 1. The Labute approximate surface area is 120 Å². The molecule has 1 aliphatic heterocycles. The molecule has 0 atom stereocenters. The van der Waals surface area contributed by atoms with Crippen LogP contribution in [0.5, 0.6) is 5.75 Å². The minimum atomic E-state index is -4.80. The van der Waals surface area contributed by atoms with E-state index in [0.717, 1.165) is 10.5 Å². The molecule has 1 heterocycles. The van der Waals surface area contributed by atoms with Gasteiger partial charge in [-0.1, -0.05) is 0 Å². The molecular weight excluding hydrogens is 285 g/mol. The monoisotopic (exact) mass is 302 g/mol. The third-order valence-corrected chi connectivity index (χ3v) is 3.72. The molecule has 0 aromatic heterocycles. The first-order valence-corrected chi connectivity index (χ1v) is 6.62. The Bertz CT molecular complexity index is 523. The van der Waals surface area contributed by atoms with Crippen LogP contribution >= 0.6 is 0 Å². The molecule has 21 heavy (non-hydrogen) atoms. The predicted octanol–water partition coefficient (Wildman–Crippen LogP) is 2.55. The molecule has 7 heteroatoms. The van der Waals surface area contributed by atoms with E-state index < -0.39 is 12.1 Å². The Hall–Kier alpha value is -1.92. The number of hydrogen-bond donors (Lipinski definition) is 1. The van der Waals surface area contributed by atoms with Gasteiger partial charge >= 0.3 is 12.1 Å². The van der Waals surface area contributed by atoms with Crippen LogP contribution in [0, 0.1) is 0 Å². The number of hydrogen-bond acceptors (Lipinski definition) is 3. The van der Waals surface area contributed by atoms with Crippen LogP contribution in [0.1, 0.15) is 24.3 Å². The maximum absolute atomic E-state index is 12.4. The molecule has 1 saturated heterocycles. The summed E-state index contributed by atoms with van der Waals surface area (Å²) in [5.74, 6) is -1.05. The molecule has 0 spiro atoms. The molecule has 1 aliphatic rings. The van der Waals surface area contributed by atoms with E-state index in [-0.39, 0.29) is 19.0 Å². The smallest absolute Gasteiger partial charge is 0.471 e. The largest absolute Gasteiger partial charge is 0.496 e. The fraction of sp³-hybridized carbons (Fsp3) is 0.500. The molecule has 1 fully saturated rings. The van der Waals surface area contributed by atoms with Gasteiger partial charge in [-0.15, -0.1) is 0 Å². The highest BCUT2D eigenvalue weighted by atomic mass is 19.4. The normalized spacial score (nSPS) is 16.9. The van der Waals surface area contributed by atoms with E-state index in [4.69, 9.17) is 10.5 Å². The molecular formula is C14H17F3N2O2. The molecule has 2 rings (SSSR count). The number of likely N-dealkylation sites (tertiary alicyclic amines) is 1. The summed E-state index contributed by atoms with van der Waals surface area (Å²) in [5.41, 5.74) is 7.22. The minimum Gasteiger partial charge on any atom is -0.496 e. The van der Waals surface area contributed by atoms with Crippen LogP contribution in [0.4, 0.5) is 18.9 Å². The van der Waals surface area contributed by atoms with E-state index in [1.165, 1.54) is 7.11 Å². The van der Waals surface area contributed by atoms with Crippen molar-refractivity contribution in [2.45, 2.75) is 24.9 Å². The van der Waals surface area contributed by atoms with Crippen molar-refractivity contribution < 1.29 is 22.7 Å². The summed E-state index contributed by atoms with van der Waals surface area (Å²) in [5, 5.41) is 0. The number of nitrogens with zero attached hydrogens (tertiary/aromatic N) is 1. The highest BCUT2D eigenvalue weighted by Gasteiger charge is 2.43. The van der Waals surface area contributed by atoms with E-state index in [2.05, 4.69) is 0 Å². The zero-order valence-corrected chi connectivity index (χ0v) is 11.6. The number of benzene rings is 1. The van der Waals surface area contributed by atoms with Crippen molar-refractivity contribution in [1.82, 2.24) is 4.90 Å². The fourth-order valence-electron chi connectivity index (χ4n) is 2.64. The second kappa shape index (κ2) is 5.83. The number of alkyl halides is 3. The van der Waals surface area contributed by atoms with Gasteiger partial charge in [-0.2, -0.15) is 13.2 Å². The fourth-order valence-corrected chi connectivity index (χ4v) is 2.64. The summed E-state index contributed by atoms with van der Waals surface area (Å²) in [4.78, 5) is 12.1. The van der Waals surface area contributed by atoms with Crippen molar-refractivity contribution in [3.63, 3.8) is 0 Å². The Balaban J connectivity index is 2.08. The molecule has 1 aromatic rings. The lowest BCUT2D eigenvalue weighted by atomic mass is 9.88. The Morgan fingerprint density at radius 2 is 1.95 bits per heavy atom. The Morgan fingerprint density at radius 3 is 2.48 bits per heavy atom. The van der Waals surface area contributed by atoms with Gasteiger partial charge in [0.2, 0.25) is 0 Å². The van der Waals surface area contributed by atoms with Crippen LogP contribution in [-0.4, -0.2) is 37.2 Å². The van der Waals surface area contributed by atoms with Crippen molar-refractivity contribution in [3.8, 4) is 5.75 Å². The van der Waals surface area contributed by atoms with Crippen molar-refractivity contribution in [2.75, 3.05) is 25.9 Å². The molecule has 1 amide bonds. The maximum atomic E-state index is 12.4. The summed E-state index contributed by atoms with van der Waals surface area (Å²) in [6.07, 6.45) is -3.88. The van der Waals surface area contributed by atoms with Crippen molar-refractivity contribution in [1.29, 1.82) is 0 Å². The van der Waals surface area contributed by atoms with E-state index in [0.29, 0.717) is 24.3 Å². The third-order valence-electron chi connectivity index (χ3n) is 3.72. The van der Waals surface area contributed by atoms with Crippen molar-refractivity contribution >= 4 is 11.6 Å². The van der Waals surface area contributed by atoms with Gasteiger partial charge in [0.15, 0.2) is 0 Å². The van der Waals surface area contributed by atoms with Gasteiger partial charge < -0.3 is 15.4 Å². The standard InChI is InChI=1S/C14H17F3N2O2/c1-21-12-3-2-10(18)8-11(12)9-4-6-19(7-5-9)13(20)14(15,16)17/h2-3,8-9H,4-7,18H2,1H3. The molecule has 4 nitrogen and oxygen atoms in total. The number of carbonyl (C=O) groups excluding carboxylic acids is 1. The van der Waals surface area contributed by atoms with Crippen LogP contribution in [-0.2, 0) is 4.79 Å². The van der Waals surface area contributed by atoms with Gasteiger partial charge in [0.25, 0.3) is 0 Å². The number of methoxy groups -OCH3 is 1. The van der Waals surface area contributed by atoms with E-state index >= 15 is 0 Å². The van der Waals surface area contributed by atoms with Crippen LogP contribution in [0.15, 0.2) is 18.2 Å². The summed E-state index contributed by atoms with van der Waals surface area (Å²) >= 11 is 0. The summed E-state index contributed by atoms with van der Waals surface area (Å²) in [7, 11) is 1.54. The lowest BCUT2D eigenvalue weighted by Crippen LogP contribution is -2.45. The quantitative estimate of drug-likeness (QED) is 0.854. The highest BCUT2D eigenvalue weighted by Crippen LogP contribution is 2.36. The van der Waals surface area contributed by atoms with Gasteiger partial charge in [-0.25, -0.2) is 0 Å². The first-order valence-electron chi connectivity index (χ1n) is 6.62. The first-order chi connectivity index (χ1) is 9.82. The van der Waals surface area contributed by atoms with Gasteiger partial charge in [-0.3, -0.25) is 4.79 Å². The molecule has 0 bridgehead atoms. The lowest BCUT2D eigenvalue weighted by Gasteiger charge is -2.33. The molecule has 116 valence electrons. The van der Waals surface area contributed by atoms with Crippen molar-refractivity contribution in [2.24, 2.45) is 0 Å². The summed E-state index contributed by atoms with van der Waals surface area (Å²) in [6.45, 7) is 0.169. The highest BCUT2D eigenvalue weighted by molar-refractivity contribution is 5.81. The number of rotatable bonds is 2. The molecule has 2 N–H and O–H groups in total. The first kappa shape index (κ1) is 15.5. The van der Waals surface area contributed by atoms with E-state index in [1.807, 2.05) is 0 Å². The number of ether oxygens (including phenoxy) is 1. The summed E-state index contributed by atoms with van der Waals surface area (Å²) in [6, 6.07) is 5.24. The Kier molecular flexibility index (Phi) is 4.29. The average Bonchev–Trinajstić information content (AvgIpc) is 2.45. The molecule has 0 aliphatic carbocycles. The lowest BCUT2D eigenvalue weighted by molar-refractivity contribution is -0.186. The van der Waals surface area contributed by atoms with E-state index in [1.54, 1.807) is 18.2 Å². The molecule has 0 saturated carbocycles. The van der Waals surface area contributed by atoms with Crippen LogP contribution in [0.2, 0.25) is 0 Å². The minimum absolute atomic E-state index is 0.0423. The number of amides is 1. The average molecular weight is 302 g/mol. The van der Waals surface area contributed by atoms with E-state index in [9.17, 15) is 18.0 Å². The number of nitrogens with two attached hydrogens (primary N) is 1. The summed E-state index contributed by atoms with van der Waals surface area (Å²) < 4.78 is 42.5. The number of nitrogen functional groups attached to an aromatic ring is 1. The number of carbonyl (C=O) groups is 1. The van der Waals surface area contributed by atoms with Gasteiger partial charge in [0.1, 0.15) is 5.75 Å². The number of halogens is 3. The second-order valence-corrected chi connectivity index (χ2v) is 5.07. The topological polar surface area (TPSA) is 55.6 Å². The van der Waals surface area contributed by atoms with Crippen LogP contribution in [0.25, 0.3) is 0 Å². The molecule has 1 aromatic carbocycles.